The summed E-state index contributed by atoms with van der Waals surface area (Å²) >= 11 is 1.97. The lowest BCUT2D eigenvalue weighted by Crippen LogP contribution is -1.98. The number of nitrogens with zero attached hydrogens (tertiary/aromatic N) is 2. The van der Waals surface area contributed by atoms with E-state index in [4.69, 9.17) is 9.84 Å². The van der Waals surface area contributed by atoms with Gasteiger partial charge in [0.2, 0.25) is 5.88 Å². The lowest BCUT2D eigenvalue weighted by atomic mass is 10.2. The fourth-order valence-corrected chi connectivity index (χ4v) is 1.84. The van der Waals surface area contributed by atoms with Gasteiger partial charge in [-0.2, -0.15) is 0 Å². The highest BCUT2D eigenvalue weighted by atomic mass is 127. The fraction of sp³-hybridized carbons (Fsp3) is 0. The molecular formula is C12H7IN2O5. The van der Waals surface area contributed by atoms with Gasteiger partial charge in [0, 0.05) is 12.3 Å². The molecule has 20 heavy (non-hydrogen) atoms. The van der Waals surface area contributed by atoms with Crippen molar-refractivity contribution >= 4 is 34.2 Å². The van der Waals surface area contributed by atoms with E-state index >= 15 is 0 Å². The van der Waals surface area contributed by atoms with Gasteiger partial charge in [-0.15, -0.1) is 0 Å². The predicted octanol–water partition coefficient (Wildman–Crippen LogP) is 3.08. The molecule has 0 radical (unpaired) electrons. The number of halogens is 1. The third-order valence-electron chi connectivity index (χ3n) is 2.32. The lowest BCUT2D eigenvalue weighted by molar-refractivity contribution is -0.385. The zero-order valence-corrected chi connectivity index (χ0v) is 12.0. The molecule has 7 nitrogen and oxygen atoms in total. The maximum Gasteiger partial charge on any atom is 0.335 e. The molecule has 0 aliphatic carbocycles. The zero-order valence-electron chi connectivity index (χ0n) is 9.82. The summed E-state index contributed by atoms with van der Waals surface area (Å²) in [6, 6.07) is 6.77. The third-order valence-corrected chi connectivity index (χ3v) is 3.21. The molecule has 1 heterocycles. The summed E-state index contributed by atoms with van der Waals surface area (Å²) in [7, 11) is 0. The molecule has 0 amide bonds. The molecule has 0 aliphatic heterocycles. The summed E-state index contributed by atoms with van der Waals surface area (Å²) < 4.78 is 6.07. The maximum atomic E-state index is 10.9. The predicted molar refractivity (Wildman–Crippen MR) is 77.1 cm³/mol. The molecule has 0 unspecified atom stereocenters. The van der Waals surface area contributed by atoms with Crippen molar-refractivity contribution in [3.05, 3.63) is 55.8 Å². The second-order valence-electron chi connectivity index (χ2n) is 3.66. The Kier molecular flexibility index (Phi) is 4.13. The molecular weight excluding hydrogens is 379 g/mol. The van der Waals surface area contributed by atoms with E-state index in [1.54, 1.807) is 6.07 Å². The second-order valence-corrected chi connectivity index (χ2v) is 4.82. The normalized spacial score (nSPS) is 10.1. The van der Waals surface area contributed by atoms with E-state index in [1.165, 1.54) is 30.5 Å². The molecule has 0 fully saturated rings. The van der Waals surface area contributed by atoms with Gasteiger partial charge in [0.1, 0.15) is 5.75 Å². The van der Waals surface area contributed by atoms with Gasteiger partial charge < -0.3 is 9.84 Å². The molecule has 0 saturated carbocycles. The van der Waals surface area contributed by atoms with Crippen LogP contribution < -0.4 is 4.74 Å². The van der Waals surface area contributed by atoms with E-state index in [2.05, 4.69) is 4.98 Å². The van der Waals surface area contributed by atoms with Gasteiger partial charge in [-0.05, 0) is 40.8 Å². The van der Waals surface area contributed by atoms with E-state index in [-0.39, 0.29) is 22.9 Å². The van der Waals surface area contributed by atoms with E-state index in [0.717, 1.165) is 0 Å². The smallest absolute Gasteiger partial charge is 0.335 e. The fourth-order valence-electron chi connectivity index (χ4n) is 1.40. The van der Waals surface area contributed by atoms with Crippen LogP contribution >= 0.6 is 22.6 Å². The van der Waals surface area contributed by atoms with Crippen LogP contribution in [-0.2, 0) is 0 Å². The highest BCUT2D eigenvalue weighted by Crippen LogP contribution is 2.28. The Balaban J connectivity index is 2.34. The number of carbonyl (C=O) groups is 1. The van der Waals surface area contributed by atoms with Gasteiger partial charge in [0.25, 0.3) is 5.69 Å². The van der Waals surface area contributed by atoms with Crippen LogP contribution in [0.3, 0.4) is 0 Å². The van der Waals surface area contributed by atoms with Gasteiger partial charge in [0.15, 0.2) is 0 Å². The minimum atomic E-state index is -1.08. The molecule has 102 valence electrons. The van der Waals surface area contributed by atoms with Crippen LogP contribution in [0, 0.1) is 13.7 Å². The number of hydrogen-bond acceptors (Lipinski definition) is 5. The minimum absolute atomic E-state index is 0.0275. The molecule has 2 rings (SSSR count). The molecule has 1 aromatic carbocycles. The SMILES string of the molecule is O=C(O)c1ccc(I)c(Oc2cc([N+](=O)[O-])ccn2)c1. The van der Waals surface area contributed by atoms with Crippen molar-refractivity contribution in [1.82, 2.24) is 4.98 Å². The summed E-state index contributed by atoms with van der Waals surface area (Å²) in [6.45, 7) is 0. The monoisotopic (exact) mass is 386 g/mol. The molecule has 0 aliphatic rings. The first-order chi connectivity index (χ1) is 9.47. The lowest BCUT2D eigenvalue weighted by Gasteiger charge is -2.07. The number of ether oxygens (including phenoxy) is 1. The Hall–Kier alpha value is -2.23. The highest BCUT2D eigenvalue weighted by molar-refractivity contribution is 14.1. The number of rotatable bonds is 4. The Labute approximate surface area is 126 Å². The summed E-state index contributed by atoms with van der Waals surface area (Å²) in [5.41, 5.74) is -0.0924. The van der Waals surface area contributed by atoms with Crippen molar-refractivity contribution in [2.24, 2.45) is 0 Å². The number of benzene rings is 1. The van der Waals surface area contributed by atoms with Crippen molar-refractivity contribution in [3.8, 4) is 11.6 Å². The number of nitro groups is 1. The Morgan fingerprint density at radius 3 is 2.75 bits per heavy atom. The van der Waals surface area contributed by atoms with Crippen LogP contribution in [0.5, 0.6) is 11.6 Å². The summed E-state index contributed by atoms with van der Waals surface area (Å²) in [5.74, 6) is -0.781. The van der Waals surface area contributed by atoms with E-state index < -0.39 is 10.9 Å². The van der Waals surface area contributed by atoms with E-state index in [0.29, 0.717) is 3.57 Å². The van der Waals surface area contributed by atoms with E-state index in [9.17, 15) is 14.9 Å². The van der Waals surface area contributed by atoms with Crippen LogP contribution in [0.25, 0.3) is 0 Å². The number of hydrogen-bond donors (Lipinski definition) is 1. The first kappa shape index (κ1) is 14.2. The van der Waals surface area contributed by atoms with Crippen molar-refractivity contribution in [1.29, 1.82) is 0 Å². The number of carboxylic acids is 1. The summed E-state index contributed by atoms with van der Waals surface area (Å²) in [5, 5.41) is 19.6. The van der Waals surface area contributed by atoms with Gasteiger partial charge in [0.05, 0.1) is 20.1 Å². The average molecular weight is 386 g/mol. The Bertz CT molecular complexity index is 689. The maximum absolute atomic E-state index is 10.9. The highest BCUT2D eigenvalue weighted by Gasteiger charge is 2.12. The van der Waals surface area contributed by atoms with E-state index in [1.807, 2.05) is 22.6 Å². The van der Waals surface area contributed by atoms with Crippen molar-refractivity contribution in [3.63, 3.8) is 0 Å². The molecule has 1 N–H and O–H groups in total. The van der Waals surface area contributed by atoms with Gasteiger partial charge in [-0.3, -0.25) is 10.1 Å². The third kappa shape index (κ3) is 3.20. The van der Waals surface area contributed by atoms with Gasteiger partial charge in [-0.1, -0.05) is 0 Å². The standard InChI is InChI=1S/C12H7IN2O5/c13-9-2-1-7(12(16)17)5-10(9)20-11-6-8(15(18)19)3-4-14-11/h1-6H,(H,16,17). The Morgan fingerprint density at radius 1 is 1.35 bits per heavy atom. The molecule has 0 spiro atoms. The molecule has 2 aromatic rings. The topological polar surface area (TPSA) is 103 Å². The number of carboxylic acid groups (broad SMARTS) is 1. The molecule has 1 aromatic heterocycles. The largest absolute Gasteiger partial charge is 0.478 e. The van der Waals surface area contributed by atoms with Crippen LogP contribution in [0.2, 0.25) is 0 Å². The summed E-state index contributed by atoms with van der Waals surface area (Å²) in [4.78, 5) is 24.8. The van der Waals surface area contributed by atoms with Crippen LogP contribution in [0.4, 0.5) is 5.69 Å². The number of aromatic nitrogens is 1. The second kappa shape index (κ2) is 5.82. The zero-order chi connectivity index (χ0) is 14.7. The molecule has 0 bridgehead atoms. The quantitative estimate of drug-likeness (QED) is 0.492. The van der Waals surface area contributed by atoms with Gasteiger partial charge >= 0.3 is 5.97 Å². The van der Waals surface area contributed by atoms with Crippen molar-refractivity contribution in [2.45, 2.75) is 0 Å². The Morgan fingerprint density at radius 2 is 2.10 bits per heavy atom. The average Bonchev–Trinajstić information content (AvgIpc) is 2.41. The number of pyridine rings is 1. The first-order valence-corrected chi connectivity index (χ1v) is 6.36. The molecule has 0 saturated heterocycles. The number of aromatic carboxylic acids is 1. The molecule has 8 heteroatoms. The first-order valence-electron chi connectivity index (χ1n) is 5.28. The van der Waals surface area contributed by atoms with Crippen LogP contribution in [-0.4, -0.2) is 21.0 Å². The van der Waals surface area contributed by atoms with Crippen molar-refractivity contribution in [2.75, 3.05) is 0 Å². The van der Waals surface area contributed by atoms with Crippen LogP contribution in [0.15, 0.2) is 36.5 Å². The van der Waals surface area contributed by atoms with Crippen molar-refractivity contribution < 1.29 is 19.6 Å². The van der Waals surface area contributed by atoms with Crippen LogP contribution in [0.1, 0.15) is 10.4 Å². The van der Waals surface area contributed by atoms with Gasteiger partial charge in [-0.25, -0.2) is 9.78 Å². The summed E-state index contributed by atoms with van der Waals surface area (Å²) in [6.07, 6.45) is 1.25. The minimum Gasteiger partial charge on any atom is -0.478 e. The molecule has 0 atom stereocenters.